The summed E-state index contributed by atoms with van der Waals surface area (Å²) in [6.45, 7) is 2.67. The molecule has 116 valence electrons. The molecule has 1 aromatic carbocycles. The standard InChI is InChI=1S/C16H19ClN4O/c1-12(22-15(10-18)9-16(17)19)14-5-3-13(4-6-14)11-21-8-2-7-20-21/h2-10,12H,11,18-19H2,1H3/b15-10+,16-9-. The van der Waals surface area contributed by atoms with Crippen LogP contribution in [0.1, 0.15) is 24.2 Å². The summed E-state index contributed by atoms with van der Waals surface area (Å²) in [6.07, 6.45) is 6.34. The number of allylic oxidation sites excluding steroid dienone is 1. The lowest BCUT2D eigenvalue weighted by atomic mass is 10.1. The van der Waals surface area contributed by atoms with Crippen molar-refractivity contribution in [3.63, 3.8) is 0 Å². The molecule has 0 amide bonds. The molecule has 2 aromatic rings. The van der Waals surface area contributed by atoms with E-state index in [1.54, 1.807) is 6.20 Å². The Morgan fingerprint density at radius 3 is 2.68 bits per heavy atom. The Kier molecular flexibility index (Phi) is 5.49. The van der Waals surface area contributed by atoms with E-state index in [0.29, 0.717) is 5.76 Å². The van der Waals surface area contributed by atoms with Gasteiger partial charge in [-0.05, 0) is 24.1 Å². The summed E-state index contributed by atoms with van der Waals surface area (Å²) in [5.74, 6) is 0.431. The van der Waals surface area contributed by atoms with Crippen LogP contribution in [0.25, 0.3) is 0 Å². The van der Waals surface area contributed by atoms with Gasteiger partial charge < -0.3 is 16.2 Å². The molecule has 1 unspecified atom stereocenters. The first kappa shape index (κ1) is 16.0. The quantitative estimate of drug-likeness (QED) is 0.487. The van der Waals surface area contributed by atoms with Crippen molar-refractivity contribution in [3.8, 4) is 0 Å². The van der Waals surface area contributed by atoms with Gasteiger partial charge in [0, 0.05) is 24.7 Å². The van der Waals surface area contributed by atoms with E-state index >= 15 is 0 Å². The molecule has 1 heterocycles. The molecule has 0 saturated heterocycles. The third-order valence-electron chi connectivity index (χ3n) is 3.11. The molecule has 0 aliphatic heterocycles. The average Bonchev–Trinajstić information content (AvgIpc) is 2.99. The van der Waals surface area contributed by atoms with Gasteiger partial charge in [-0.15, -0.1) is 0 Å². The molecule has 0 aliphatic rings. The molecule has 0 aliphatic carbocycles. The van der Waals surface area contributed by atoms with E-state index in [2.05, 4.69) is 17.2 Å². The van der Waals surface area contributed by atoms with Crippen molar-refractivity contribution < 1.29 is 4.74 Å². The molecule has 0 saturated carbocycles. The fourth-order valence-corrected chi connectivity index (χ4v) is 2.11. The van der Waals surface area contributed by atoms with Gasteiger partial charge in [0.1, 0.15) is 17.0 Å². The molecule has 1 aromatic heterocycles. The summed E-state index contributed by atoms with van der Waals surface area (Å²) in [4.78, 5) is 0. The molecule has 2 rings (SSSR count). The Morgan fingerprint density at radius 1 is 1.41 bits per heavy atom. The number of hydrogen-bond acceptors (Lipinski definition) is 4. The third-order valence-corrected chi connectivity index (χ3v) is 3.22. The fraction of sp³-hybridized carbons (Fsp3) is 0.188. The first-order chi connectivity index (χ1) is 10.6. The molecule has 0 spiro atoms. The van der Waals surface area contributed by atoms with Crippen molar-refractivity contribution in [1.29, 1.82) is 0 Å². The smallest absolute Gasteiger partial charge is 0.138 e. The van der Waals surface area contributed by atoms with Crippen LogP contribution in [0.3, 0.4) is 0 Å². The maximum atomic E-state index is 5.72. The van der Waals surface area contributed by atoms with Crippen molar-refractivity contribution in [2.75, 3.05) is 0 Å². The average molecular weight is 319 g/mol. The highest BCUT2D eigenvalue weighted by Gasteiger charge is 2.08. The lowest BCUT2D eigenvalue weighted by molar-refractivity contribution is 0.142. The number of ether oxygens (including phenoxy) is 1. The minimum atomic E-state index is -0.166. The van der Waals surface area contributed by atoms with E-state index in [1.165, 1.54) is 17.8 Å². The zero-order valence-electron chi connectivity index (χ0n) is 12.3. The van der Waals surface area contributed by atoms with Crippen LogP contribution < -0.4 is 11.5 Å². The van der Waals surface area contributed by atoms with Gasteiger partial charge in [-0.25, -0.2) is 0 Å². The van der Waals surface area contributed by atoms with Gasteiger partial charge in [0.25, 0.3) is 0 Å². The molecule has 22 heavy (non-hydrogen) atoms. The third kappa shape index (κ3) is 4.56. The Morgan fingerprint density at radius 2 is 2.14 bits per heavy atom. The second-order valence-electron chi connectivity index (χ2n) is 4.80. The van der Waals surface area contributed by atoms with Gasteiger partial charge in [-0.1, -0.05) is 35.9 Å². The summed E-state index contributed by atoms with van der Waals surface area (Å²) < 4.78 is 7.59. The molecule has 1 atom stereocenters. The molecule has 0 radical (unpaired) electrons. The van der Waals surface area contributed by atoms with E-state index in [1.807, 2.05) is 36.0 Å². The van der Waals surface area contributed by atoms with Crippen LogP contribution in [0, 0.1) is 0 Å². The normalized spacial score (nSPS) is 13.9. The zero-order chi connectivity index (χ0) is 15.9. The number of nitrogens with zero attached hydrogens (tertiary/aromatic N) is 2. The Hall–Kier alpha value is -2.40. The zero-order valence-corrected chi connectivity index (χ0v) is 13.1. The van der Waals surface area contributed by atoms with Crippen LogP contribution in [0.4, 0.5) is 0 Å². The lowest BCUT2D eigenvalue weighted by Gasteiger charge is -2.16. The van der Waals surface area contributed by atoms with Crippen LogP contribution in [0.2, 0.25) is 0 Å². The van der Waals surface area contributed by atoms with Gasteiger partial charge in [0.05, 0.1) is 6.54 Å². The van der Waals surface area contributed by atoms with Gasteiger partial charge in [0.15, 0.2) is 0 Å². The van der Waals surface area contributed by atoms with Crippen molar-refractivity contribution in [2.24, 2.45) is 11.5 Å². The summed E-state index contributed by atoms with van der Waals surface area (Å²) >= 11 is 5.62. The largest absolute Gasteiger partial charge is 0.484 e. The summed E-state index contributed by atoms with van der Waals surface area (Å²) in [7, 11) is 0. The molecule has 0 bridgehead atoms. The Labute approximate surface area is 134 Å². The van der Waals surface area contributed by atoms with Gasteiger partial charge >= 0.3 is 0 Å². The van der Waals surface area contributed by atoms with Crippen LogP contribution in [-0.2, 0) is 11.3 Å². The Balaban J connectivity index is 2.01. The van der Waals surface area contributed by atoms with Crippen molar-refractivity contribution in [3.05, 3.63) is 77.0 Å². The van der Waals surface area contributed by atoms with E-state index in [-0.39, 0.29) is 11.3 Å². The van der Waals surface area contributed by atoms with Crippen LogP contribution in [0.5, 0.6) is 0 Å². The van der Waals surface area contributed by atoms with Crippen molar-refractivity contribution in [1.82, 2.24) is 9.78 Å². The number of hydrogen-bond donors (Lipinski definition) is 2. The summed E-state index contributed by atoms with van der Waals surface area (Å²) in [6, 6.07) is 10.0. The van der Waals surface area contributed by atoms with Gasteiger partial charge in [-0.3, -0.25) is 4.68 Å². The molecular weight excluding hydrogens is 300 g/mol. The van der Waals surface area contributed by atoms with Crippen LogP contribution >= 0.6 is 11.6 Å². The SMILES string of the molecule is CC(OC(/C=C(\N)Cl)=C/N)c1ccc(Cn2cccn2)cc1. The summed E-state index contributed by atoms with van der Waals surface area (Å²) in [5.41, 5.74) is 13.1. The second-order valence-corrected chi connectivity index (χ2v) is 5.24. The molecule has 4 N–H and O–H groups in total. The Bertz CT molecular complexity index is 643. The second kappa shape index (κ2) is 7.56. The van der Waals surface area contributed by atoms with E-state index < -0.39 is 0 Å². The minimum Gasteiger partial charge on any atom is -0.484 e. The van der Waals surface area contributed by atoms with Crippen molar-refractivity contribution in [2.45, 2.75) is 19.6 Å². The predicted octanol–water partition coefficient (Wildman–Crippen LogP) is 2.85. The highest BCUT2D eigenvalue weighted by molar-refractivity contribution is 6.29. The van der Waals surface area contributed by atoms with E-state index in [0.717, 1.165) is 12.1 Å². The monoisotopic (exact) mass is 318 g/mol. The van der Waals surface area contributed by atoms with Gasteiger partial charge in [0.2, 0.25) is 0 Å². The number of benzene rings is 1. The highest BCUT2D eigenvalue weighted by atomic mass is 35.5. The number of aromatic nitrogens is 2. The topological polar surface area (TPSA) is 79.1 Å². The number of nitrogens with two attached hydrogens (primary N) is 2. The molecular formula is C16H19ClN4O. The van der Waals surface area contributed by atoms with Crippen LogP contribution in [-0.4, -0.2) is 9.78 Å². The first-order valence-corrected chi connectivity index (χ1v) is 7.24. The molecule has 0 fully saturated rings. The molecule has 5 nitrogen and oxygen atoms in total. The van der Waals surface area contributed by atoms with E-state index in [9.17, 15) is 0 Å². The predicted molar refractivity (Wildman–Crippen MR) is 87.7 cm³/mol. The highest BCUT2D eigenvalue weighted by Crippen LogP contribution is 2.21. The summed E-state index contributed by atoms with van der Waals surface area (Å²) in [5, 5.41) is 4.31. The maximum absolute atomic E-state index is 5.72. The lowest BCUT2D eigenvalue weighted by Crippen LogP contribution is -2.03. The first-order valence-electron chi connectivity index (χ1n) is 6.86. The van der Waals surface area contributed by atoms with Gasteiger partial charge in [-0.2, -0.15) is 5.10 Å². The number of halogens is 1. The van der Waals surface area contributed by atoms with E-state index in [4.69, 9.17) is 27.8 Å². The minimum absolute atomic E-state index is 0.124. The maximum Gasteiger partial charge on any atom is 0.138 e. The van der Waals surface area contributed by atoms with Crippen molar-refractivity contribution >= 4 is 11.6 Å². The molecule has 6 heteroatoms. The van der Waals surface area contributed by atoms with Crippen LogP contribution in [0.15, 0.2) is 65.9 Å². The number of rotatable bonds is 6. The fourth-order valence-electron chi connectivity index (χ4n) is 2.00.